The minimum atomic E-state index is -0.737. The SMILES string of the molecule is COc1ccc(N2C(=O)[C@@H](OC(C)=O)[C@H]2C=C(C)C)cc1. The van der Waals surface area contributed by atoms with Gasteiger partial charge in [-0.1, -0.05) is 11.6 Å². The molecule has 0 spiro atoms. The van der Waals surface area contributed by atoms with Gasteiger partial charge in [0.2, 0.25) is 6.10 Å². The van der Waals surface area contributed by atoms with E-state index in [9.17, 15) is 9.59 Å². The number of ether oxygens (including phenoxy) is 2. The first-order valence-corrected chi connectivity index (χ1v) is 6.73. The number of carbonyl (C=O) groups excluding carboxylic acids is 2. The van der Waals surface area contributed by atoms with E-state index in [1.54, 1.807) is 24.1 Å². The number of amides is 1. The maximum atomic E-state index is 12.2. The molecule has 0 radical (unpaired) electrons. The van der Waals surface area contributed by atoms with Crippen molar-refractivity contribution in [3.8, 4) is 5.75 Å². The molecule has 0 bridgehead atoms. The van der Waals surface area contributed by atoms with Crippen molar-refractivity contribution in [1.29, 1.82) is 0 Å². The van der Waals surface area contributed by atoms with E-state index in [1.165, 1.54) is 6.92 Å². The van der Waals surface area contributed by atoms with E-state index >= 15 is 0 Å². The first-order valence-electron chi connectivity index (χ1n) is 6.73. The fourth-order valence-electron chi connectivity index (χ4n) is 2.33. The second-order valence-corrected chi connectivity index (χ2v) is 5.17. The molecule has 1 aromatic rings. The fraction of sp³-hybridized carbons (Fsp3) is 0.375. The van der Waals surface area contributed by atoms with Gasteiger partial charge in [-0.25, -0.2) is 0 Å². The number of esters is 1. The number of anilines is 1. The zero-order valence-electron chi connectivity index (χ0n) is 12.6. The van der Waals surface area contributed by atoms with Crippen molar-refractivity contribution in [2.24, 2.45) is 0 Å². The van der Waals surface area contributed by atoms with Crippen LogP contribution in [0.2, 0.25) is 0 Å². The molecule has 1 amide bonds. The van der Waals surface area contributed by atoms with Gasteiger partial charge in [-0.2, -0.15) is 0 Å². The van der Waals surface area contributed by atoms with Crippen LogP contribution in [0.4, 0.5) is 5.69 Å². The molecule has 0 unspecified atom stereocenters. The third-order valence-electron chi connectivity index (χ3n) is 3.24. The lowest BCUT2D eigenvalue weighted by atomic mass is 9.94. The van der Waals surface area contributed by atoms with Gasteiger partial charge in [-0.3, -0.25) is 14.5 Å². The second kappa shape index (κ2) is 5.99. The first-order chi connectivity index (χ1) is 9.93. The molecule has 112 valence electrons. The highest BCUT2D eigenvalue weighted by Gasteiger charge is 2.49. The normalized spacial score (nSPS) is 20.6. The van der Waals surface area contributed by atoms with Gasteiger partial charge in [0.25, 0.3) is 5.91 Å². The summed E-state index contributed by atoms with van der Waals surface area (Å²) in [5, 5.41) is 0. The number of carbonyl (C=O) groups is 2. The summed E-state index contributed by atoms with van der Waals surface area (Å²) < 4.78 is 10.2. The quantitative estimate of drug-likeness (QED) is 0.485. The molecule has 5 heteroatoms. The van der Waals surface area contributed by atoms with Crippen molar-refractivity contribution in [2.75, 3.05) is 12.0 Å². The molecule has 2 rings (SSSR count). The van der Waals surface area contributed by atoms with Gasteiger partial charge >= 0.3 is 5.97 Å². The summed E-state index contributed by atoms with van der Waals surface area (Å²) in [4.78, 5) is 25.0. The molecule has 0 saturated carbocycles. The Kier molecular flexibility index (Phi) is 4.31. The molecular weight excluding hydrogens is 270 g/mol. The molecule has 1 heterocycles. The summed E-state index contributed by atoms with van der Waals surface area (Å²) in [6, 6.07) is 6.95. The summed E-state index contributed by atoms with van der Waals surface area (Å²) in [5.74, 6) is 0.0646. The molecule has 0 N–H and O–H groups in total. The monoisotopic (exact) mass is 289 g/mol. The van der Waals surface area contributed by atoms with E-state index in [0.717, 1.165) is 17.0 Å². The van der Waals surface area contributed by atoms with Crippen molar-refractivity contribution < 1.29 is 19.1 Å². The zero-order valence-corrected chi connectivity index (χ0v) is 12.6. The Morgan fingerprint density at radius 3 is 2.29 bits per heavy atom. The minimum absolute atomic E-state index is 0.210. The largest absolute Gasteiger partial charge is 0.497 e. The van der Waals surface area contributed by atoms with Crippen LogP contribution in [-0.4, -0.2) is 31.1 Å². The molecule has 2 atom stereocenters. The molecule has 21 heavy (non-hydrogen) atoms. The smallest absolute Gasteiger partial charge is 0.303 e. The van der Waals surface area contributed by atoms with Crippen molar-refractivity contribution in [1.82, 2.24) is 0 Å². The molecular formula is C16H19NO4. The lowest BCUT2D eigenvalue weighted by molar-refractivity contribution is -0.159. The minimum Gasteiger partial charge on any atom is -0.497 e. The molecule has 1 fully saturated rings. The maximum Gasteiger partial charge on any atom is 0.303 e. The first kappa shape index (κ1) is 15.1. The number of methoxy groups -OCH3 is 1. The lowest BCUT2D eigenvalue weighted by Crippen LogP contribution is -2.65. The van der Waals surface area contributed by atoms with Gasteiger partial charge in [0.05, 0.1) is 7.11 Å². The van der Waals surface area contributed by atoms with E-state index in [4.69, 9.17) is 9.47 Å². The molecule has 1 aromatic carbocycles. The van der Waals surface area contributed by atoms with Crippen LogP contribution in [0.1, 0.15) is 20.8 Å². The Labute approximate surface area is 124 Å². The average Bonchev–Trinajstić information content (AvgIpc) is 2.44. The van der Waals surface area contributed by atoms with Gasteiger partial charge in [-0.05, 0) is 38.1 Å². The number of benzene rings is 1. The topological polar surface area (TPSA) is 55.8 Å². The third-order valence-corrected chi connectivity index (χ3v) is 3.24. The summed E-state index contributed by atoms with van der Waals surface area (Å²) in [7, 11) is 1.59. The summed E-state index contributed by atoms with van der Waals surface area (Å²) >= 11 is 0. The molecule has 0 aliphatic carbocycles. The van der Waals surface area contributed by atoms with E-state index < -0.39 is 12.1 Å². The van der Waals surface area contributed by atoms with Crippen molar-refractivity contribution in [2.45, 2.75) is 32.9 Å². The summed E-state index contributed by atoms with van der Waals surface area (Å²) in [6.45, 7) is 5.20. The Morgan fingerprint density at radius 2 is 1.81 bits per heavy atom. The highest BCUT2D eigenvalue weighted by molar-refractivity contribution is 6.06. The van der Waals surface area contributed by atoms with Crippen molar-refractivity contribution in [3.05, 3.63) is 35.9 Å². The fourth-order valence-corrected chi connectivity index (χ4v) is 2.33. The van der Waals surface area contributed by atoms with Crippen LogP contribution in [0.25, 0.3) is 0 Å². The molecule has 5 nitrogen and oxygen atoms in total. The van der Waals surface area contributed by atoms with E-state index in [1.807, 2.05) is 32.1 Å². The van der Waals surface area contributed by atoms with Gasteiger partial charge < -0.3 is 9.47 Å². The summed E-state index contributed by atoms with van der Waals surface area (Å²) in [6.07, 6.45) is 1.19. The van der Waals surface area contributed by atoms with E-state index in [2.05, 4.69) is 0 Å². The Balaban J connectivity index is 2.26. The lowest BCUT2D eigenvalue weighted by Gasteiger charge is -2.44. The van der Waals surface area contributed by atoms with Gasteiger partial charge in [0.15, 0.2) is 0 Å². The third kappa shape index (κ3) is 3.07. The van der Waals surface area contributed by atoms with Gasteiger partial charge in [0, 0.05) is 12.6 Å². The van der Waals surface area contributed by atoms with Gasteiger partial charge in [-0.15, -0.1) is 0 Å². The van der Waals surface area contributed by atoms with Crippen molar-refractivity contribution >= 4 is 17.6 Å². The highest BCUT2D eigenvalue weighted by Crippen LogP contribution is 2.32. The number of allylic oxidation sites excluding steroid dienone is 1. The number of hydrogen-bond acceptors (Lipinski definition) is 4. The Hall–Kier alpha value is -2.30. The number of rotatable bonds is 4. The number of β-lactam (4-membered cyclic amide) rings is 1. The van der Waals surface area contributed by atoms with Crippen LogP contribution < -0.4 is 9.64 Å². The van der Waals surface area contributed by atoms with Gasteiger partial charge in [0.1, 0.15) is 11.8 Å². The molecule has 1 aliphatic rings. The van der Waals surface area contributed by atoms with E-state index in [0.29, 0.717) is 0 Å². The van der Waals surface area contributed by atoms with Crippen LogP contribution in [-0.2, 0) is 14.3 Å². The molecule has 0 aromatic heterocycles. The number of hydrogen-bond donors (Lipinski definition) is 0. The highest BCUT2D eigenvalue weighted by atomic mass is 16.6. The standard InChI is InChI=1S/C16H19NO4/c1-10(2)9-14-15(21-11(3)18)16(19)17(14)12-5-7-13(20-4)8-6-12/h5-9,14-15H,1-4H3/t14-,15+/m1/s1. The number of nitrogens with zero attached hydrogens (tertiary/aromatic N) is 1. The predicted octanol–water partition coefficient (Wildman–Crippen LogP) is 2.31. The Bertz CT molecular complexity index is 572. The molecule has 1 saturated heterocycles. The zero-order chi connectivity index (χ0) is 15.6. The van der Waals surface area contributed by atoms with Crippen LogP contribution >= 0.6 is 0 Å². The maximum absolute atomic E-state index is 12.2. The second-order valence-electron chi connectivity index (χ2n) is 5.17. The predicted molar refractivity (Wildman–Crippen MR) is 79.3 cm³/mol. The Morgan fingerprint density at radius 1 is 1.19 bits per heavy atom. The van der Waals surface area contributed by atoms with Crippen LogP contribution in [0, 0.1) is 0 Å². The molecule has 1 aliphatic heterocycles. The van der Waals surface area contributed by atoms with Crippen molar-refractivity contribution in [3.63, 3.8) is 0 Å². The van der Waals surface area contributed by atoms with Crippen LogP contribution in [0.15, 0.2) is 35.9 Å². The average molecular weight is 289 g/mol. The van der Waals surface area contributed by atoms with Crippen LogP contribution in [0.3, 0.4) is 0 Å². The summed E-state index contributed by atoms with van der Waals surface area (Å²) in [5.41, 5.74) is 1.81. The van der Waals surface area contributed by atoms with E-state index in [-0.39, 0.29) is 11.9 Å². The van der Waals surface area contributed by atoms with Crippen LogP contribution in [0.5, 0.6) is 5.75 Å².